The van der Waals surface area contributed by atoms with Gasteiger partial charge in [-0.05, 0) is 32.0 Å². The Morgan fingerprint density at radius 1 is 1.33 bits per heavy atom. The predicted octanol–water partition coefficient (Wildman–Crippen LogP) is 2.67. The molecule has 0 aliphatic carbocycles. The maximum Gasteiger partial charge on any atom is 0.345 e. The summed E-state index contributed by atoms with van der Waals surface area (Å²) in [5.41, 5.74) is 2.35. The summed E-state index contributed by atoms with van der Waals surface area (Å²) in [6, 6.07) is 8.33. The zero-order chi connectivity index (χ0) is 18.5. The van der Waals surface area contributed by atoms with Crippen molar-refractivity contribution in [1.82, 2.24) is 19.9 Å². The van der Waals surface area contributed by atoms with Crippen LogP contribution in [0, 0.1) is 6.92 Å². The third kappa shape index (κ3) is 2.90. The van der Waals surface area contributed by atoms with Gasteiger partial charge in [0.05, 0.1) is 17.5 Å². The summed E-state index contributed by atoms with van der Waals surface area (Å²) >= 11 is 1.49. The fourth-order valence-electron chi connectivity index (χ4n) is 3.57. The van der Waals surface area contributed by atoms with Crippen LogP contribution in [-0.4, -0.2) is 40.3 Å². The molecule has 1 aliphatic heterocycles. The van der Waals surface area contributed by atoms with Crippen molar-refractivity contribution in [2.45, 2.75) is 19.9 Å². The van der Waals surface area contributed by atoms with E-state index in [4.69, 9.17) is 4.42 Å². The second kappa shape index (κ2) is 6.17. The average Bonchev–Trinajstić information content (AvgIpc) is 3.18. The van der Waals surface area contributed by atoms with E-state index in [1.165, 1.54) is 11.3 Å². The van der Waals surface area contributed by atoms with Gasteiger partial charge < -0.3 is 14.6 Å². The van der Waals surface area contributed by atoms with Gasteiger partial charge in [-0.15, -0.1) is 0 Å². The highest BCUT2D eigenvalue weighted by molar-refractivity contribution is 7.16. The number of imidazole rings is 1. The molecule has 8 heteroatoms. The zero-order valence-electron chi connectivity index (χ0n) is 15.1. The first-order valence-electron chi connectivity index (χ1n) is 8.96. The van der Waals surface area contributed by atoms with Gasteiger partial charge in [0, 0.05) is 42.8 Å². The number of aromatic nitrogens is 3. The number of hydrogen-bond donors (Lipinski definition) is 1. The smallest absolute Gasteiger partial charge is 0.345 e. The topological polar surface area (TPSA) is 75.7 Å². The number of nitrogens with one attached hydrogen (secondary N) is 1. The monoisotopic (exact) mass is 381 g/mol. The Hall–Kier alpha value is -2.71. The Kier molecular flexibility index (Phi) is 3.76. The number of aryl methyl sites for hydroxylation is 1. The summed E-state index contributed by atoms with van der Waals surface area (Å²) in [5.74, 6) is 0. The molecule has 1 atom stereocenters. The molecule has 1 fully saturated rings. The molecular formula is C19H19N5O2S. The van der Waals surface area contributed by atoms with E-state index >= 15 is 0 Å². The minimum Gasteiger partial charge on any atom is -0.422 e. The van der Waals surface area contributed by atoms with E-state index in [0.29, 0.717) is 22.9 Å². The number of anilines is 1. The number of benzene rings is 1. The largest absolute Gasteiger partial charge is 0.422 e. The maximum absolute atomic E-state index is 12.6. The van der Waals surface area contributed by atoms with E-state index < -0.39 is 0 Å². The molecule has 1 aliphatic rings. The lowest BCUT2D eigenvalue weighted by Gasteiger charge is -2.33. The Bertz CT molecular complexity index is 1180. The van der Waals surface area contributed by atoms with E-state index in [2.05, 4.69) is 33.3 Å². The van der Waals surface area contributed by atoms with Crippen molar-refractivity contribution >= 4 is 33.0 Å². The standard InChI is InChI=1S/C19H19N5O2S/c1-11-9-23(6-5-20-11)14-4-3-13-7-15(18(25)26-17(13)8-14)16-10-24-19(21-16)27-12(2)22-24/h3-4,7-8,10-11,20H,5-6,9H2,1-2H3. The lowest BCUT2D eigenvalue weighted by atomic mass is 10.1. The number of piperazine rings is 1. The Balaban J connectivity index is 1.55. The number of fused-ring (bicyclic) bond motifs is 2. The average molecular weight is 381 g/mol. The minimum absolute atomic E-state index is 0.379. The highest BCUT2D eigenvalue weighted by atomic mass is 32.1. The highest BCUT2D eigenvalue weighted by Gasteiger charge is 2.18. The van der Waals surface area contributed by atoms with Crippen LogP contribution < -0.4 is 15.8 Å². The number of rotatable bonds is 2. The molecule has 5 rings (SSSR count). The molecule has 1 unspecified atom stereocenters. The third-order valence-electron chi connectivity index (χ3n) is 4.87. The van der Waals surface area contributed by atoms with E-state index in [0.717, 1.165) is 40.7 Å². The summed E-state index contributed by atoms with van der Waals surface area (Å²) < 4.78 is 7.34. The van der Waals surface area contributed by atoms with Crippen LogP contribution in [0.3, 0.4) is 0 Å². The van der Waals surface area contributed by atoms with E-state index in [1.807, 2.05) is 25.1 Å². The second-order valence-corrected chi connectivity index (χ2v) is 8.11. The maximum atomic E-state index is 12.6. The van der Waals surface area contributed by atoms with E-state index in [1.54, 1.807) is 10.7 Å². The van der Waals surface area contributed by atoms with Crippen LogP contribution in [0.4, 0.5) is 5.69 Å². The summed E-state index contributed by atoms with van der Waals surface area (Å²) in [7, 11) is 0. The lowest BCUT2D eigenvalue weighted by molar-refractivity contribution is 0.484. The first kappa shape index (κ1) is 16.5. The van der Waals surface area contributed by atoms with Crippen molar-refractivity contribution in [2.24, 2.45) is 0 Å². The number of hydrogen-bond acceptors (Lipinski definition) is 7. The van der Waals surface area contributed by atoms with Gasteiger partial charge in [-0.3, -0.25) is 0 Å². The zero-order valence-corrected chi connectivity index (χ0v) is 15.9. The molecular weight excluding hydrogens is 362 g/mol. The Morgan fingerprint density at radius 2 is 2.22 bits per heavy atom. The summed E-state index contributed by atoms with van der Waals surface area (Å²) in [5, 5.41) is 9.61. The quantitative estimate of drug-likeness (QED) is 0.538. The molecule has 0 radical (unpaired) electrons. The molecule has 0 spiro atoms. The minimum atomic E-state index is -0.379. The van der Waals surface area contributed by atoms with Gasteiger partial charge in [0.15, 0.2) is 0 Å². The molecule has 0 saturated carbocycles. The molecule has 0 amide bonds. The lowest BCUT2D eigenvalue weighted by Crippen LogP contribution is -2.49. The summed E-state index contributed by atoms with van der Waals surface area (Å²) in [6.07, 6.45) is 1.77. The van der Waals surface area contributed by atoms with Crippen molar-refractivity contribution in [2.75, 3.05) is 24.5 Å². The van der Waals surface area contributed by atoms with Crippen LogP contribution in [0.5, 0.6) is 0 Å². The fourth-order valence-corrected chi connectivity index (χ4v) is 4.30. The van der Waals surface area contributed by atoms with Crippen molar-refractivity contribution in [3.8, 4) is 11.3 Å². The van der Waals surface area contributed by atoms with Crippen LogP contribution in [0.25, 0.3) is 27.2 Å². The van der Waals surface area contributed by atoms with Gasteiger partial charge in [-0.2, -0.15) is 5.10 Å². The molecule has 0 bridgehead atoms. The number of nitrogens with zero attached hydrogens (tertiary/aromatic N) is 4. The molecule has 4 heterocycles. The highest BCUT2D eigenvalue weighted by Crippen LogP contribution is 2.26. The van der Waals surface area contributed by atoms with Crippen molar-refractivity contribution < 1.29 is 4.42 Å². The first-order valence-corrected chi connectivity index (χ1v) is 9.78. The molecule has 1 N–H and O–H groups in total. The van der Waals surface area contributed by atoms with Crippen molar-refractivity contribution in [3.05, 3.63) is 45.9 Å². The molecule has 138 valence electrons. The van der Waals surface area contributed by atoms with Gasteiger partial charge in [-0.25, -0.2) is 14.3 Å². The van der Waals surface area contributed by atoms with Gasteiger partial charge in [0.2, 0.25) is 4.96 Å². The van der Waals surface area contributed by atoms with Gasteiger partial charge in [-0.1, -0.05) is 11.3 Å². The van der Waals surface area contributed by atoms with Gasteiger partial charge in [0.1, 0.15) is 10.6 Å². The first-order chi connectivity index (χ1) is 13.1. The van der Waals surface area contributed by atoms with Crippen molar-refractivity contribution in [1.29, 1.82) is 0 Å². The SMILES string of the molecule is Cc1nn2cc(-c3cc4ccc(N5CCNC(C)C5)cc4oc3=O)nc2s1. The molecule has 27 heavy (non-hydrogen) atoms. The Morgan fingerprint density at radius 3 is 3.04 bits per heavy atom. The summed E-state index contributed by atoms with van der Waals surface area (Å²) in [4.78, 5) is 20.2. The van der Waals surface area contributed by atoms with Crippen LogP contribution in [-0.2, 0) is 0 Å². The normalized spacial score (nSPS) is 17.9. The van der Waals surface area contributed by atoms with Crippen LogP contribution >= 0.6 is 11.3 Å². The predicted molar refractivity (Wildman–Crippen MR) is 107 cm³/mol. The molecule has 7 nitrogen and oxygen atoms in total. The van der Waals surface area contributed by atoms with Crippen LogP contribution in [0.2, 0.25) is 0 Å². The summed E-state index contributed by atoms with van der Waals surface area (Å²) in [6.45, 7) is 6.93. The second-order valence-electron chi connectivity index (χ2n) is 6.95. The van der Waals surface area contributed by atoms with E-state index in [-0.39, 0.29) is 5.63 Å². The Labute approximate surface area is 159 Å². The third-order valence-corrected chi connectivity index (χ3v) is 5.71. The molecule has 1 aromatic carbocycles. The van der Waals surface area contributed by atoms with Gasteiger partial charge >= 0.3 is 5.63 Å². The van der Waals surface area contributed by atoms with Crippen molar-refractivity contribution in [3.63, 3.8) is 0 Å². The van der Waals surface area contributed by atoms with Crippen LogP contribution in [0.1, 0.15) is 11.9 Å². The van der Waals surface area contributed by atoms with Crippen LogP contribution in [0.15, 0.2) is 39.7 Å². The molecule has 1 saturated heterocycles. The van der Waals surface area contributed by atoms with Gasteiger partial charge in [0.25, 0.3) is 0 Å². The molecule has 3 aromatic heterocycles. The van der Waals surface area contributed by atoms with E-state index in [9.17, 15) is 4.79 Å². The molecule has 4 aromatic rings. The fraction of sp³-hybridized carbons (Fsp3) is 0.316.